The molecular formula is C23H28ClN3O3S. The van der Waals surface area contributed by atoms with E-state index in [2.05, 4.69) is 10.4 Å². The zero-order chi connectivity index (χ0) is 21.9. The number of para-hydroxylation sites is 1. The van der Waals surface area contributed by atoms with E-state index in [1.165, 1.54) is 11.1 Å². The Kier molecular flexibility index (Phi) is 5.55. The van der Waals surface area contributed by atoms with Crippen LogP contribution in [-0.2, 0) is 15.2 Å². The predicted molar refractivity (Wildman–Crippen MR) is 123 cm³/mol. The molecule has 1 N–H and O–H groups in total. The number of carbonyl (C=O) groups is 1. The quantitative estimate of drug-likeness (QED) is 0.683. The molecule has 4 aliphatic rings. The van der Waals surface area contributed by atoms with E-state index in [4.69, 9.17) is 10.7 Å². The van der Waals surface area contributed by atoms with Gasteiger partial charge in [0.25, 0.3) is 11.5 Å². The molecule has 4 fully saturated rings. The third kappa shape index (κ3) is 3.68. The Bertz CT molecular complexity index is 1040. The Morgan fingerprint density at radius 1 is 1.16 bits per heavy atom. The summed E-state index contributed by atoms with van der Waals surface area (Å²) in [5.74, 6) is 2.23. The lowest BCUT2D eigenvalue weighted by Gasteiger charge is -2.55. The zero-order valence-corrected chi connectivity index (χ0v) is 19.4. The van der Waals surface area contributed by atoms with E-state index in [0.717, 1.165) is 37.5 Å². The van der Waals surface area contributed by atoms with Gasteiger partial charge in [0.15, 0.2) is 10.7 Å². The second kappa shape index (κ2) is 8.09. The molecule has 4 aliphatic carbocycles. The van der Waals surface area contributed by atoms with Gasteiger partial charge in [-0.3, -0.25) is 15.0 Å². The van der Waals surface area contributed by atoms with Crippen LogP contribution in [0, 0.1) is 29.6 Å². The number of rotatable bonds is 5. The van der Waals surface area contributed by atoms with Crippen LogP contribution in [0.25, 0.3) is 10.9 Å². The number of nitrogens with one attached hydrogen (secondary N) is 1. The molecule has 1 aromatic carbocycles. The van der Waals surface area contributed by atoms with Gasteiger partial charge in [-0.2, -0.15) is 0 Å². The monoisotopic (exact) mass is 461 g/mol. The second-order valence-electron chi connectivity index (χ2n) is 9.94. The summed E-state index contributed by atoms with van der Waals surface area (Å²) < 4.78 is 13.9. The molecule has 166 valence electrons. The van der Waals surface area contributed by atoms with Crippen molar-refractivity contribution in [2.75, 3.05) is 5.43 Å². The maximum absolute atomic E-state index is 13.5. The fraction of sp³-hybridized carbons (Fsp3) is 0.609. The lowest BCUT2D eigenvalue weighted by atomic mass is 9.51. The molecule has 0 saturated heterocycles. The number of aromatic nitrogens is 2. The van der Waals surface area contributed by atoms with E-state index >= 15 is 0 Å². The summed E-state index contributed by atoms with van der Waals surface area (Å²) in [7, 11) is 4.31. The first-order chi connectivity index (χ1) is 14.8. The molecule has 0 aliphatic heterocycles. The Morgan fingerprint density at radius 3 is 2.35 bits per heavy atom. The molecule has 2 aromatic rings. The van der Waals surface area contributed by atoms with E-state index in [1.807, 2.05) is 19.9 Å². The van der Waals surface area contributed by atoms with Gasteiger partial charge in [-0.05, 0) is 67.9 Å². The van der Waals surface area contributed by atoms with Crippen LogP contribution >= 0.6 is 10.7 Å². The number of hydrogen-bond donors (Lipinski definition) is 1. The van der Waals surface area contributed by atoms with Crippen LogP contribution in [0.5, 0.6) is 0 Å². The number of carbonyl (C=O) groups excluding carboxylic acids is 1. The van der Waals surface area contributed by atoms with Crippen molar-refractivity contribution in [1.82, 2.24) is 9.66 Å². The lowest BCUT2D eigenvalue weighted by Crippen LogP contribution is -2.55. The van der Waals surface area contributed by atoms with Gasteiger partial charge < -0.3 is 4.55 Å². The largest absolute Gasteiger partial charge is 0.599 e. The molecule has 1 heterocycles. The second-order valence-corrected chi connectivity index (χ2v) is 11.9. The average molecular weight is 462 g/mol. The third-order valence-corrected chi connectivity index (χ3v) is 9.15. The lowest BCUT2D eigenvalue weighted by molar-refractivity contribution is -0.121. The maximum atomic E-state index is 13.5. The van der Waals surface area contributed by atoms with Crippen molar-refractivity contribution in [1.29, 1.82) is 0 Å². The van der Waals surface area contributed by atoms with Gasteiger partial charge in [-0.1, -0.05) is 26.0 Å². The smallest absolute Gasteiger partial charge is 0.294 e. The van der Waals surface area contributed by atoms with Gasteiger partial charge in [0.2, 0.25) is 5.25 Å². The summed E-state index contributed by atoms with van der Waals surface area (Å²) in [6.07, 6.45) is 5.71. The van der Waals surface area contributed by atoms with Crippen LogP contribution in [-0.4, -0.2) is 25.4 Å². The van der Waals surface area contributed by atoms with E-state index in [-0.39, 0.29) is 17.4 Å². The van der Waals surface area contributed by atoms with Gasteiger partial charge >= 0.3 is 0 Å². The van der Waals surface area contributed by atoms with Crippen molar-refractivity contribution >= 4 is 37.9 Å². The van der Waals surface area contributed by atoms with Crippen LogP contribution in [0.2, 0.25) is 0 Å². The molecular weight excluding hydrogens is 434 g/mol. The summed E-state index contributed by atoms with van der Waals surface area (Å²) in [4.78, 5) is 31.3. The molecule has 1 aromatic heterocycles. The highest BCUT2D eigenvalue weighted by Crippen LogP contribution is 2.58. The molecule has 6 nitrogen and oxygen atoms in total. The number of fused-ring (bicyclic) bond motifs is 1. The summed E-state index contributed by atoms with van der Waals surface area (Å²) in [5, 5.41) is -0.389. The van der Waals surface area contributed by atoms with Crippen molar-refractivity contribution in [3.63, 3.8) is 0 Å². The minimum absolute atomic E-state index is 0.0118. The molecule has 8 heteroatoms. The molecule has 0 spiro atoms. The average Bonchev–Trinajstić information content (AvgIpc) is 2.71. The van der Waals surface area contributed by atoms with Gasteiger partial charge in [0.1, 0.15) is 5.82 Å². The Labute approximate surface area is 189 Å². The highest BCUT2D eigenvalue weighted by Gasteiger charge is 2.55. The van der Waals surface area contributed by atoms with Crippen LogP contribution in [0.4, 0.5) is 0 Å². The van der Waals surface area contributed by atoms with Gasteiger partial charge in [0.05, 0.1) is 21.3 Å². The number of halogens is 1. The van der Waals surface area contributed by atoms with Crippen molar-refractivity contribution in [2.45, 2.75) is 57.1 Å². The van der Waals surface area contributed by atoms with Crippen LogP contribution < -0.4 is 11.0 Å². The van der Waals surface area contributed by atoms with Crippen LogP contribution in [0.1, 0.15) is 57.7 Å². The molecule has 4 bridgehead atoms. The fourth-order valence-electron chi connectivity index (χ4n) is 6.66. The fourth-order valence-corrected chi connectivity index (χ4v) is 8.17. The standard InChI is InChI=1S/C23H28ClN3O3S/c1-12(2)21-25-18-6-4-3-5-17(18)23(29)27(21)26-22(28)20(31(24)30)19-15-8-13-7-14(10-15)11-16(19)9-13/h3-6,12-16,19-20H,7-11H2,1-2H3,(H,26,28). The van der Waals surface area contributed by atoms with E-state index in [1.54, 1.807) is 18.2 Å². The minimum atomic E-state index is -1.84. The first-order valence-electron chi connectivity index (χ1n) is 11.2. The molecule has 2 atom stereocenters. The Balaban J connectivity index is 1.50. The molecule has 4 saturated carbocycles. The summed E-state index contributed by atoms with van der Waals surface area (Å²) in [5.41, 5.74) is 3.04. The minimum Gasteiger partial charge on any atom is -0.599 e. The third-order valence-electron chi connectivity index (χ3n) is 7.65. The predicted octanol–water partition coefficient (Wildman–Crippen LogP) is 3.93. The van der Waals surface area contributed by atoms with Gasteiger partial charge in [-0.15, -0.1) is 0 Å². The molecule has 2 unspecified atom stereocenters. The molecule has 6 rings (SSSR count). The highest BCUT2D eigenvalue weighted by molar-refractivity contribution is 8.14. The van der Waals surface area contributed by atoms with E-state index < -0.39 is 21.5 Å². The number of benzene rings is 1. The summed E-state index contributed by atoms with van der Waals surface area (Å²) in [6, 6.07) is 7.10. The number of hydrogen-bond acceptors (Lipinski definition) is 4. The van der Waals surface area contributed by atoms with Crippen molar-refractivity contribution in [2.24, 2.45) is 29.6 Å². The summed E-state index contributed by atoms with van der Waals surface area (Å²) in [6.45, 7) is 3.85. The highest BCUT2D eigenvalue weighted by atomic mass is 35.7. The SMILES string of the molecule is CC(C)c1nc2ccccc2c(=O)n1NC(=O)C(C1C2CC3CC(C2)CC1C3)[S+]([O-])Cl. The molecule has 1 amide bonds. The van der Waals surface area contributed by atoms with Crippen LogP contribution in [0.3, 0.4) is 0 Å². The molecule has 0 radical (unpaired) electrons. The number of nitrogens with zero attached hydrogens (tertiary/aromatic N) is 2. The topological polar surface area (TPSA) is 87.0 Å². The van der Waals surface area contributed by atoms with E-state index in [0.29, 0.717) is 28.6 Å². The molecule has 31 heavy (non-hydrogen) atoms. The first-order valence-corrected chi connectivity index (χ1v) is 13.3. The van der Waals surface area contributed by atoms with Gasteiger partial charge in [-0.25, -0.2) is 9.66 Å². The van der Waals surface area contributed by atoms with Gasteiger partial charge in [0, 0.05) is 11.8 Å². The first kappa shape index (κ1) is 21.3. The normalized spacial score (nSPS) is 31.2. The maximum Gasteiger partial charge on any atom is 0.294 e. The van der Waals surface area contributed by atoms with Crippen molar-refractivity contribution in [3.05, 3.63) is 40.4 Å². The Morgan fingerprint density at radius 2 is 1.77 bits per heavy atom. The van der Waals surface area contributed by atoms with Crippen molar-refractivity contribution < 1.29 is 9.35 Å². The van der Waals surface area contributed by atoms with Crippen LogP contribution in [0.15, 0.2) is 29.1 Å². The zero-order valence-electron chi connectivity index (χ0n) is 17.8. The summed E-state index contributed by atoms with van der Waals surface area (Å²) >= 11 is 0. The van der Waals surface area contributed by atoms with Crippen molar-refractivity contribution in [3.8, 4) is 0 Å². The number of amides is 1. The Hall–Kier alpha value is -1.57. The van der Waals surface area contributed by atoms with E-state index in [9.17, 15) is 14.1 Å².